The summed E-state index contributed by atoms with van der Waals surface area (Å²) in [6, 6.07) is 0. The zero-order valence-electron chi connectivity index (χ0n) is 16.4. The Bertz CT molecular complexity index is 777. The molecule has 11 heteroatoms. The first-order valence-electron chi connectivity index (χ1n) is 10.0. The van der Waals surface area contributed by atoms with Crippen LogP contribution in [0.4, 0.5) is 5.82 Å². The SMILES string of the molecule is NCCCCC[C@@H](CCN)SC[C@@H]1O[C@@H](n2cnc3c(N)ncnc32)[C@H](O)[C@@H]1O. The molecule has 10 nitrogen and oxygen atoms in total. The van der Waals surface area contributed by atoms with Gasteiger partial charge in [0.25, 0.3) is 0 Å². The van der Waals surface area contributed by atoms with Crippen molar-refractivity contribution in [2.45, 2.75) is 61.9 Å². The van der Waals surface area contributed by atoms with Crippen LogP contribution in [0.2, 0.25) is 0 Å². The molecule has 3 heterocycles. The van der Waals surface area contributed by atoms with Crippen molar-refractivity contribution in [2.75, 3.05) is 24.6 Å². The summed E-state index contributed by atoms with van der Waals surface area (Å²) in [5.74, 6) is 0.827. The van der Waals surface area contributed by atoms with Gasteiger partial charge in [0.05, 0.1) is 12.4 Å². The van der Waals surface area contributed by atoms with E-state index in [1.165, 1.54) is 12.7 Å². The Morgan fingerprint density at radius 1 is 1.07 bits per heavy atom. The van der Waals surface area contributed by atoms with E-state index in [1.807, 2.05) is 0 Å². The molecule has 8 N–H and O–H groups in total. The Kier molecular flexibility index (Phi) is 8.04. The van der Waals surface area contributed by atoms with Crippen LogP contribution in [0, 0.1) is 0 Å². The van der Waals surface area contributed by atoms with Crippen molar-refractivity contribution >= 4 is 28.7 Å². The molecule has 0 unspecified atom stereocenters. The molecule has 1 saturated heterocycles. The highest BCUT2D eigenvalue weighted by Crippen LogP contribution is 2.34. The van der Waals surface area contributed by atoms with E-state index in [0.717, 1.165) is 38.6 Å². The second kappa shape index (κ2) is 10.5. The summed E-state index contributed by atoms with van der Waals surface area (Å²) in [7, 11) is 0. The third-order valence-electron chi connectivity index (χ3n) is 5.21. The molecule has 0 bridgehead atoms. The van der Waals surface area contributed by atoms with E-state index in [0.29, 0.717) is 28.7 Å². The predicted molar refractivity (Wildman–Crippen MR) is 113 cm³/mol. The molecule has 5 atom stereocenters. The number of aromatic nitrogens is 4. The highest BCUT2D eigenvalue weighted by molar-refractivity contribution is 7.99. The monoisotopic (exact) mass is 425 g/mol. The molecule has 162 valence electrons. The van der Waals surface area contributed by atoms with Crippen molar-refractivity contribution in [1.29, 1.82) is 0 Å². The third kappa shape index (κ3) is 5.16. The third-order valence-corrected chi connectivity index (χ3v) is 6.68. The lowest BCUT2D eigenvalue weighted by atomic mass is 10.1. The molecule has 0 radical (unpaired) electrons. The Balaban J connectivity index is 1.62. The van der Waals surface area contributed by atoms with E-state index in [1.54, 1.807) is 16.3 Å². The van der Waals surface area contributed by atoms with Gasteiger partial charge in [-0.05, 0) is 32.4 Å². The molecule has 29 heavy (non-hydrogen) atoms. The molecule has 3 rings (SSSR count). The van der Waals surface area contributed by atoms with Crippen molar-refractivity contribution in [3.8, 4) is 0 Å². The van der Waals surface area contributed by atoms with E-state index in [2.05, 4.69) is 15.0 Å². The molecule has 0 saturated carbocycles. The average Bonchev–Trinajstić information content (AvgIpc) is 3.26. The molecule has 0 amide bonds. The standard InChI is InChI=1S/C18H31N7O3S/c19-6-3-1-2-4-11(5-7-20)29-8-12-14(26)15(27)18(28-12)25-10-24-13-16(21)22-9-23-17(13)25/h9-12,14-15,18,26-27H,1-8,19-20H2,(H2,21,22,23)/t11-,12-,14+,15+,18+/m0/s1. The van der Waals surface area contributed by atoms with Gasteiger partial charge in [-0.1, -0.05) is 12.8 Å². The number of nitrogens with zero attached hydrogens (tertiary/aromatic N) is 4. The maximum absolute atomic E-state index is 10.6. The topological polar surface area (TPSA) is 171 Å². The highest BCUT2D eigenvalue weighted by Gasteiger charge is 2.44. The van der Waals surface area contributed by atoms with Gasteiger partial charge in [-0.25, -0.2) is 15.0 Å². The van der Waals surface area contributed by atoms with E-state index in [4.69, 9.17) is 21.9 Å². The van der Waals surface area contributed by atoms with Crippen LogP contribution < -0.4 is 17.2 Å². The number of imidazole rings is 1. The van der Waals surface area contributed by atoms with Gasteiger partial charge < -0.3 is 32.2 Å². The smallest absolute Gasteiger partial charge is 0.167 e. The first-order valence-corrected chi connectivity index (χ1v) is 11.1. The minimum absolute atomic E-state index is 0.258. The average molecular weight is 426 g/mol. The van der Waals surface area contributed by atoms with Crippen LogP contribution in [-0.2, 0) is 4.74 Å². The zero-order chi connectivity index (χ0) is 20.8. The fraction of sp³-hybridized carbons (Fsp3) is 0.722. The van der Waals surface area contributed by atoms with Crippen molar-refractivity contribution in [2.24, 2.45) is 11.5 Å². The number of ether oxygens (including phenoxy) is 1. The number of anilines is 1. The number of rotatable bonds is 11. The van der Waals surface area contributed by atoms with Gasteiger partial charge in [0.15, 0.2) is 17.7 Å². The Hall–Kier alpha value is -1.50. The molecule has 0 spiro atoms. The van der Waals surface area contributed by atoms with E-state index >= 15 is 0 Å². The molecular formula is C18H31N7O3S. The second-order valence-electron chi connectivity index (χ2n) is 7.30. The fourth-order valence-electron chi connectivity index (χ4n) is 3.57. The van der Waals surface area contributed by atoms with Gasteiger partial charge >= 0.3 is 0 Å². The van der Waals surface area contributed by atoms with Crippen LogP contribution in [0.5, 0.6) is 0 Å². The number of hydrogen-bond donors (Lipinski definition) is 5. The van der Waals surface area contributed by atoms with Crippen LogP contribution in [0.1, 0.15) is 38.3 Å². The molecule has 2 aromatic heterocycles. The van der Waals surface area contributed by atoms with Crippen molar-refractivity contribution in [3.05, 3.63) is 12.7 Å². The quantitative estimate of drug-likeness (QED) is 0.308. The van der Waals surface area contributed by atoms with E-state index < -0.39 is 24.5 Å². The van der Waals surface area contributed by atoms with Crippen LogP contribution in [0.25, 0.3) is 11.2 Å². The largest absolute Gasteiger partial charge is 0.387 e. The number of fused-ring (bicyclic) bond motifs is 1. The minimum Gasteiger partial charge on any atom is -0.387 e. The van der Waals surface area contributed by atoms with Gasteiger partial charge in [-0.3, -0.25) is 4.57 Å². The summed E-state index contributed by atoms with van der Waals surface area (Å²) in [5.41, 5.74) is 18.0. The molecule has 0 aromatic carbocycles. The molecule has 1 fully saturated rings. The number of hydrogen-bond acceptors (Lipinski definition) is 10. The van der Waals surface area contributed by atoms with Crippen LogP contribution in [-0.4, -0.2) is 72.1 Å². The first-order chi connectivity index (χ1) is 14.1. The summed E-state index contributed by atoms with van der Waals surface area (Å²) in [6.07, 6.45) is 4.68. The summed E-state index contributed by atoms with van der Waals surface area (Å²) in [5, 5.41) is 21.5. The zero-order valence-corrected chi connectivity index (χ0v) is 17.2. The van der Waals surface area contributed by atoms with Crippen molar-refractivity contribution in [3.63, 3.8) is 0 Å². The number of thioether (sulfide) groups is 1. The Labute approximate surface area is 174 Å². The number of aliphatic hydroxyl groups is 2. The van der Waals surface area contributed by atoms with Gasteiger partial charge in [0, 0.05) is 11.0 Å². The Morgan fingerprint density at radius 3 is 2.66 bits per heavy atom. The van der Waals surface area contributed by atoms with Crippen molar-refractivity contribution < 1.29 is 14.9 Å². The summed E-state index contributed by atoms with van der Waals surface area (Å²) >= 11 is 1.73. The first kappa shape index (κ1) is 22.2. The summed E-state index contributed by atoms with van der Waals surface area (Å²) < 4.78 is 7.60. The predicted octanol–water partition coefficient (Wildman–Crippen LogP) is -0.00260. The number of nitrogens with two attached hydrogens (primary N) is 3. The minimum atomic E-state index is -1.09. The van der Waals surface area contributed by atoms with Gasteiger partial charge in [0.2, 0.25) is 0 Å². The summed E-state index contributed by atoms with van der Waals surface area (Å²) in [4.78, 5) is 12.3. The van der Waals surface area contributed by atoms with Gasteiger partial charge in [-0.15, -0.1) is 0 Å². The number of aliphatic hydroxyl groups excluding tert-OH is 2. The lowest BCUT2D eigenvalue weighted by Gasteiger charge is -2.20. The maximum Gasteiger partial charge on any atom is 0.167 e. The normalized spacial score (nSPS) is 25.7. The molecule has 1 aliphatic heterocycles. The maximum atomic E-state index is 10.6. The molecule has 1 aliphatic rings. The van der Waals surface area contributed by atoms with Gasteiger partial charge in [0.1, 0.15) is 24.1 Å². The van der Waals surface area contributed by atoms with Crippen LogP contribution in [0.15, 0.2) is 12.7 Å². The van der Waals surface area contributed by atoms with Crippen LogP contribution in [0.3, 0.4) is 0 Å². The summed E-state index contributed by atoms with van der Waals surface area (Å²) in [6.45, 7) is 1.34. The Morgan fingerprint density at radius 2 is 1.90 bits per heavy atom. The molecule has 0 aliphatic carbocycles. The van der Waals surface area contributed by atoms with E-state index in [-0.39, 0.29) is 5.82 Å². The highest BCUT2D eigenvalue weighted by atomic mass is 32.2. The lowest BCUT2D eigenvalue weighted by molar-refractivity contribution is -0.0289. The molecule has 2 aromatic rings. The number of nitrogen functional groups attached to an aromatic ring is 1. The molecular weight excluding hydrogens is 394 g/mol. The van der Waals surface area contributed by atoms with E-state index in [9.17, 15) is 10.2 Å². The van der Waals surface area contributed by atoms with Crippen molar-refractivity contribution in [1.82, 2.24) is 19.5 Å². The van der Waals surface area contributed by atoms with Crippen LogP contribution >= 0.6 is 11.8 Å². The number of unbranched alkanes of at least 4 members (excludes halogenated alkanes) is 2. The van der Waals surface area contributed by atoms with Gasteiger partial charge in [-0.2, -0.15) is 11.8 Å². The second-order valence-corrected chi connectivity index (χ2v) is 8.63. The fourth-order valence-corrected chi connectivity index (χ4v) is 4.95. The lowest BCUT2D eigenvalue weighted by Crippen LogP contribution is -2.33.